The minimum absolute atomic E-state index is 0.0151. The third kappa shape index (κ3) is 4.94. The number of rotatable bonds is 6. The molecule has 144 valence electrons. The molecule has 3 aromatic rings. The number of fused-ring (bicyclic) bond motifs is 1. The summed E-state index contributed by atoms with van der Waals surface area (Å²) in [7, 11) is 0. The molecule has 1 aromatic heterocycles. The highest BCUT2D eigenvalue weighted by Crippen LogP contribution is 2.29. The van der Waals surface area contributed by atoms with Gasteiger partial charge in [-0.25, -0.2) is 0 Å². The lowest BCUT2D eigenvalue weighted by Crippen LogP contribution is -2.15. The van der Waals surface area contributed by atoms with Gasteiger partial charge in [0.25, 0.3) is 0 Å². The number of hydrogen-bond donors (Lipinski definition) is 0. The van der Waals surface area contributed by atoms with Crippen LogP contribution >= 0.6 is 0 Å². The highest BCUT2D eigenvalue weighted by Gasteiger charge is 2.30. The molecule has 0 spiro atoms. The van der Waals surface area contributed by atoms with Crippen LogP contribution in [0.3, 0.4) is 0 Å². The zero-order valence-electron chi connectivity index (χ0n) is 14.7. The first kappa shape index (κ1) is 19.5. The second-order valence-corrected chi connectivity index (χ2v) is 6.16. The minimum Gasteiger partial charge on any atom is -0.457 e. The van der Waals surface area contributed by atoms with Crippen LogP contribution in [0.2, 0.25) is 0 Å². The van der Waals surface area contributed by atoms with E-state index in [4.69, 9.17) is 4.74 Å². The summed E-state index contributed by atoms with van der Waals surface area (Å²) in [5.74, 6) is -1.31. The van der Waals surface area contributed by atoms with E-state index < -0.39 is 30.1 Å². The first-order valence-corrected chi connectivity index (χ1v) is 8.54. The molecule has 7 heteroatoms. The maximum atomic E-state index is 12.7. The highest BCUT2D eigenvalue weighted by molar-refractivity contribution is 5.98. The Morgan fingerprint density at radius 3 is 2.54 bits per heavy atom. The van der Waals surface area contributed by atoms with Gasteiger partial charge in [0.05, 0.1) is 17.5 Å². The van der Waals surface area contributed by atoms with E-state index in [-0.39, 0.29) is 12.0 Å². The molecule has 0 saturated carbocycles. The van der Waals surface area contributed by atoms with Gasteiger partial charge in [-0.1, -0.05) is 36.4 Å². The van der Waals surface area contributed by atoms with Crippen LogP contribution in [0.4, 0.5) is 13.2 Å². The molecule has 0 saturated heterocycles. The van der Waals surface area contributed by atoms with E-state index in [1.165, 1.54) is 6.07 Å². The van der Waals surface area contributed by atoms with Gasteiger partial charge in [0.2, 0.25) is 0 Å². The van der Waals surface area contributed by atoms with E-state index >= 15 is 0 Å². The monoisotopic (exact) mass is 387 g/mol. The molecule has 0 N–H and O–H groups in total. The molecule has 0 radical (unpaired) electrons. The zero-order valence-corrected chi connectivity index (χ0v) is 14.7. The number of nitrogens with zero attached hydrogens (tertiary/aromatic N) is 1. The van der Waals surface area contributed by atoms with Crippen LogP contribution < -0.4 is 0 Å². The van der Waals surface area contributed by atoms with Gasteiger partial charge >= 0.3 is 12.1 Å². The van der Waals surface area contributed by atoms with Crippen molar-refractivity contribution in [2.24, 2.45) is 0 Å². The van der Waals surface area contributed by atoms with Crippen LogP contribution in [0.25, 0.3) is 10.9 Å². The van der Waals surface area contributed by atoms with Crippen molar-refractivity contribution in [3.8, 4) is 0 Å². The van der Waals surface area contributed by atoms with Crippen molar-refractivity contribution in [3.05, 3.63) is 77.5 Å². The molecule has 0 aliphatic carbocycles. The van der Waals surface area contributed by atoms with Crippen molar-refractivity contribution >= 4 is 22.7 Å². The summed E-state index contributed by atoms with van der Waals surface area (Å²) in [5.41, 5.74) is 0.443. The van der Waals surface area contributed by atoms with E-state index in [0.29, 0.717) is 12.1 Å². The molecule has 2 aromatic carbocycles. The van der Waals surface area contributed by atoms with Gasteiger partial charge in [-0.3, -0.25) is 14.6 Å². The molecular formula is C21H16F3NO3. The lowest BCUT2D eigenvalue weighted by Gasteiger charge is -2.08. The molecule has 4 nitrogen and oxygen atoms in total. The maximum absolute atomic E-state index is 12.7. The van der Waals surface area contributed by atoms with E-state index in [0.717, 1.165) is 29.1 Å². The molecule has 28 heavy (non-hydrogen) atoms. The van der Waals surface area contributed by atoms with E-state index in [1.54, 1.807) is 0 Å². The predicted molar refractivity (Wildman–Crippen MR) is 96.8 cm³/mol. The first-order chi connectivity index (χ1) is 13.3. The quantitative estimate of drug-likeness (QED) is 0.458. The number of ether oxygens (including phenoxy) is 1. The second kappa shape index (κ2) is 8.21. The summed E-state index contributed by atoms with van der Waals surface area (Å²) < 4.78 is 43.0. The Balaban J connectivity index is 1.53. The van der Waals surface area contributed by atoms with Crippen molar-refractivity contribution in [3.63, 3.8) is 0 Å². The van der Waals surface area contributed by atoms with Crippen molar-refractivity contribution in [1.29, 1.82) is 0 Å². The van der Waals surface area contributed by atoms with Gasteiger partial charge in [0, 0.05) is 23.1 Å². The number of para-hydroxylation sites is 1. The Labute approximate surface area is 159 Å². The van der Waals surface area contributed by atoms with Gasteiger partial charge < -0.3 is 4.74 Å². The molecule has 0 unspecified atom stereocenters. The lowest BCUT2D eigenvalue weighted by atomic mass is 10.1. The standard InChI is InChI=1S/C21H16F3NO3/c22-21(23,24)16-6-3-5-15(12-16)19(26)13-28-20(27)11-10-17-9-8-14-4-1-2-7-18(14)25-17/h1-9,12H,10-11,13H2. The number of aryl methyl sites for hydroxylation is 1. The fourth-order valence-electron chi connectivity index (χ4n) is 2.65. The number of aromatic nitrogens is 1. The molecule has 0 atom stereocenters. The number of ketones is 1. The molecule has 3 rings (SSSR count). The largest absolute Gasteiger partial charge is 0.457 e. The Hall–Kier alpha value is -3.22. The Bertz CT molecular complexity index is 1010. The fourth-order valence-corrected chi connectivity index (χ4v) is 2.65. The number of Topliss-reactive ketones (excluding diaryl/α,β-unsaturated/α-hetero) is 1. The fraction of sp³-hybridized carbons (Fsp3) is 0.190. The van der Waals surface area contributed by atoms with Crippen LogP contribution in [0.1, 0.15) is 28.0 Å². The average Bonchev–Trinajstić information content (AvgIpc) is 2.69. The van der Waals surface area contributed by atoms with Crippen molar-refractivity contribution in [2.75, 3.05) is 6.61 Å². The summed E-state index contributed by atoms with van der Waals surface area (Å²) in [6.45, 7) is -0.606. The van der Waals surface area contributed by atoms with Gasteiger partial charge in [0.15, 0.2) is 12.4 Å². The smallest absolute Gasteiger partial charge is 0.416 e. The van der Waals surface area contributed by atoms with Crippen LogP contribution in [-0.4, -0.2) is 23.3 Å². The van der Waals surface area contributed by atoms with Gasteiger partial charge in [-0.15, -0.1) is 0 Å². The van der Waals surface area contributed by atoms with Gasteiger partial charge in [-0.05, 0) is 24.3 Å². The molecule has 0 amide bonds. The predicted octanol–water partition coefficient (Wildman–Crippen LogP) is 4.61. The molecule has 0 bridgehead atoms. The topological polar surface area (TPSA) is 56.3 Å². The number of pyridine rings is 1. The van der Waals surface area contributed by atoms with Crippen molar-refractivity contribution in [2.45, 2.75) is 19.0 Å². The third-order valence-corrected chi connectivity index (χ3v) is 4.12. The maximum Gasteiger partial charge on any atom is 0.416 e. The number of hydrogen-bond acceptors (Lipinski definition) is 4. The molecule has 0 fully saturated rings. The summed E-state index contributed by atoms with van der Waals surface area (Å²) in [4.78, 5) is 28.3. The number of carbonyl (C=O) groups excluding carboxylic acids is 2. The van der Waals surface area contributed by atoms with Crippen LogP contribution in [-0.2, 0) is 22.1 Å². The number of esters is 1. The Kier molecular flexibility index (Phi) is 5.73. The van der Waals surface area contributed by atoms with E-state index in [2.05, 4.69) is 4.98 Å². The molecule has 0 aliphatic rings. The Morgan fingerprint density at radius 1 is 0.964 bits per heavy atom. The van der Waals surface area contributed by atoms with Crippen molar-refractivity contribution < 1.29 is 27.5 Å². The van der Waals surface area contributed by atoms with Crippen LogP contribution in [0, 0.1) is 0 Å². The number of halogens is 3. The lowest BCUT2D eigenvalue weighted by molar-refractivity contribution is -0.142. The van der Waals surface area contributed by atoms with Crippen LogP contribution in [0.5, 0.6) is 0 Å². The van der Waals surface area contributed by atoms with Gasteiger partial charge in [0.1, 0.15) is 0 Å². The Morgan fingerprint density at radius 2 is 1.75 bits per heavy atom. The highest BCUT2D eigenvalue weighted by atomic mass is 19.4. The SMILES string of the molecule is O=C(CCc1ccc2ccccc2n1)OCC(=O)c1cccc(C(F)(F)F)c1. The minimum atomic E-state index is -4.54. The normalized spacial score (nSPS) is 11.4. The number of benzene rings is 2. The molecule has 1 heterocycles. The van der Waals surface area contributed by atoms with Crippen molar-refractivity contribution in [1.82, 2.24) is 4.98 Å². The van der Waals surface area contributed by atoms with E-state index in [9.17, 15) is 22.8 Å². The number of alkyl halides is 3. The van der Waals surface area contributed by atoms with Crippen LogP contribution in [0.15, 0.2) is 60.7 Å². The number of carbonyl (C=O) groups is 2. The summed E-state index contributed by atoms with van der Waals surface area (Å²) in [6.07, 6.45) is -4.19. The summed E-state index contributed by atoms with van der Waals surface area (Å²) >= 11 is 0. The summed E-state index contributed by atoms with van der Waals surface area (Å²) in [6, 6.07) is 15.3. The summed E-state index contributed by atoms with van der Waals surface area (Å²) in [5, 5.41) is 0.987. The van der Waals surface area contributed by atoms with E-state index in [1.807, 2.05) is 36.4 Å². The zero-order chi connectivity index (χ0) is 20.1. The molecular weight excluding hydrogens is 371 g/mol. The van der Waals surface area contributed by atoms with Gasteiger partial charge in [-0.2, -0.15) is 13.2 Å². The third-order valence-electron chi connectivity index (χ3n) is 4.12. The first-order valence-electron chi connectivity index (χ1n) is 8.54. The average molecular weight is 387 g/mol. The second-order valence-electron chi connectivity index (χ2n) is 6.16. The molecule has 0 aliphatic heterocycles.